The Balaban J connectivity index is 1.97. The van der Waals surface area contributed by atoms with Crippen molar-refractivity contribution in [3.05, 3.63) is 23.8 Å². The maximum atomic E-state index is 12.5. The second kappa shape index (κ2) is 7.37. The molecule has 3 aliphatic rings. The van der Waals surface area contributed by atoms with Crippen LogP contribution in [0, 0.1) is 11.8 Å². The van der Waals surface area contributed by atoms with Crippen molar-refractivity contribution in [1.82, 2.24) is 0 Å². The predicted octanol–water partition coefficient (Wildman–Crippen LogP) is 1.27. The molecular weight excluding hydrogens is 352 g/mol. The molecule has 0 bridgehead atoms. The van der Waals surface area contributed by atoms with Crippen LogP contribution in [-0.4, -0.2) is 58.8 Å². The largest absolute Gasteiger partial charge is 0.461 e. The first-order valence-corrected chi connectivity index (χ1v) is 9.47. The molecule has 7 nitrogen and oxygen atoms in total. The fraction of sp³-hybridized carbons (Fsp3) is 0.700. The molecule has 150 valence electrons. The molecular formula is C20H28O7. The molecule has 0 aromatic carbocycles. The Labute approximate surface area is 159 Å². The van der Waals surface area contributed by atoms with Crippen molar-refractivity contribution < 1.29 is 34.0 Å². The molecule has 2 aliphatic heterocycles. The van der Waals surface area contributed by atoms with Gasteiger partial charge in [-0.2, -0.15) is 0 Å². The number of epoxide rings is 1. The van der Waals surface area contributed by atoms with Gasteiger partial charge in [0.15, 0.2) is 0 Å². The van der Waals surface area contributed by atoms with Crippen LogP contribution >= 0.6 is 0 Å². The maximum Gasteiger partial charge on any atom is 0.334 e. The van der Waals surface area contributed by atoms with Crippen LogP contribution in [-0.2, 0) is 23.8 Å². The zero-order valence-electron chi connectivity index (χ0n) is 16.0. The summed E-state index contributed by atoms with van der Waals surface area (Å²) in [6.07, 6.45) is 0.400. The number of ether oxygens (including phenoxy) is 3. The van der Waals surface area contributed by atoms with Gasteiger partial charge < -0.3 is 24.4 Å². The van der Waals surface area contributed by atoms with E-state index in [1.807, 2.05) is 13.8 Å². The Morgan fingerprint density at radius 3 is 2.85 bits per heavy atom. The average molecular weight is 380 g/mol. The number of carbonyl (C=O) groups excluding carboxylic acids is 2. The Morgan fingerprint density at radius 2 is 2.22 bits per heavy atom. The molecule has 0 aromatic rings. The minimum atomic E-state index is -0.894. The van der Waals surface area contributed by atoms with Gasteiger partial charge in [-0.3, -0.25) is 4.79 Å². The summed E-state index contributed by atoms with van der Waals surface area (Å²) in [5.41, 5.74) is 0.0149. The smallest absolute Gasteiger partial charge is 0.334 e. The van der Waals surface area contributed by atoms with E-state index in [0.717, 1.165) is 0 Å². The topological polar surface area (TPSA) is 106 Å². The van der Waals surface area contributed by atoms with Crippen LogP contribution in [0.3, 0.4) is 0 Å². The molecule has 2 fully saturated rings. The second-order valence-corrected chi connectivity index (χ2v) is 7.98. The Bertz CT molecular complexity index is 669. The van der Waals surface area contributed by atoms with Gasteiger partial charge in [-0.05, 0) is 25.0 Å². The van der Waals surface area contributed by atoms with Crippen molar-refractivity contribution in [2.24, 2.45) is 11.8 Å². The van der Waals surface area contributed by atoms with Crippen molar-refractivity contribution in [2.45, 2.75) is 70.1 Å². The fourth-order valence-electron chi connectivity index (χ4n) is 3.86. The van der Waals surface area contributed by atoms with Crippen molar-refractivity contribution in [3.63, 3.8) is 0 Å². The molecule has 0 radical (unpaired) electrons. The van der Waals surface area contributed by atoms with Gasteiger partial charge in [0.1, 0.15) is 12.2 Å². The van der Waals surface area contributed by atoms with Gasteiger partial charge in [-0.1, -0.05) is 20.4 Å². The molecule has 1 aliphatic carbocycles. The van der Waals surface area contributed by atoms with E-state index in [2.05, 4.69) is 6.58 Å². The van der Waals surface area contributed by atoms with Crippen molar-refractivity contribution >= 4 is 11.9 Å². The van der Waals surface area contributed by atoms with Crippen molar-refractivity contribution in [1.29, 1.82) is 0 Å². The third-order valence-electron chi connectivity index (χ3n) is 6.01. The molecule has 2 heterocycles. The molecule has 7 heteroatoms. The van der Waals surface area contributed by atoms with Crippen LogP contribution in [0.1, 0.15) is 40.0 Å². The van der Waals surface area contributed by atoms with Gasteiger partial charge in [0, 0.05) is 18.4 Å². The number of aliphatic hydroxyl groups excluding tert-OH is 2. The summed E-state index contributed by atoms with van der Waals surface area (Å²) in [6, 6.07) is 0. The highest BCUT2D eigenvalue weighted by Crippen LogP contribution is 2.48. The van der Waals surface area contributed by atoms with Gasteiger partial charge in [0.25, 0.3) is 0 Å². The van der Waals surface area contributed by atoms with Crippen molar-refractivity contribution in [2.75, 3.05) is 6.61 Å². The van der Waals surface area contributed by atoms with E-state index >= 15 is 0 Å². The van der Waals surface area contributed by atoms with Gasteiger partial charge in [0.2, 0.25) is 0 Å². The van der Waals surface area contributed by atoms with E-state index in [9.17, 15) is 19.8 Å². The number of esters is 2. The van der Waals surface area contributed by atoms with Gasteiger partial charge in [-0.15, -0.1) is 0 Å². The Morgan fingerprint density at radius 1 is 1.52 bits per heavy atom. The summed E-state index contributed by atoms with van der Waals surface area (Å²) in [7, 11) is 0. The average Bonchev–Trinajstić information content (AvgIpc) is 3.15. The highest BCUT2D eigenvalue weighted by Gasteiger charge is 2.57. The highest BCUT2D eigenvalue weighted by atomic mass is 16.6. The van der Waals surface area contributed by atoms with Crippen LogP contribution in [0.5, 0.6) is 0 Å². The Hall–Kier alpha value is -1.70. The predicted molar refractivity (Wildman–Crippen MR) is 95.5 cm³/mol. The van der Waals surface area contributed by atoms with E-state index in [4.69, 9.17) is 14.2 Å². The SMILES string of the molecule is C=C1C(=O)OC2C=C(CO)C(O)CC3OC3(C)CC(OC(=O)C(C)CC)C12. The Kier molecular flexibility index (Phi) is 5.47. The number of hydrogen-bond acceptors (Lipinski definition) is 7. The summed E-state index contributed by atoms with van der Waals surface area (Å²) in [4.78, 5) is 24.6. The number of rotatable bonds is 4. The first kappa shape index (κ1) is 20.0. The first-order chi connectivity index (χ1) is 12.7. The van der Waals surface area contributed by atoms with E-state index in [1.54, 1.807) is 13.0 Å². The standard InChI is InChI=1S/C20H28O7/c1-5-10(2)18(23)26-15-8-20(4)16(27-20)7-13(22)12(9-21)6-14-17(15)11(3)19(24)25-14/h6,10,13-17,21-22H,3,5,7-9H2,1-2,4H3. The third-order valence-corrected chi connectivity index (χ3v) is 6.01. The van der Waals surface area contributed by atoms with Crippen LogP contribution in [0.15, 0.2) is 23.8 Å². The summed E-state index contributed by atoms with van der Waals surface area (Å²) < 4.78 is 17.0. The molecule has 27 heavy (non-hydrogen) atoms. The number of fused-ring (bicyclic) bond motifs is 2. The fourth-order valence-corrected chi connectivity index (χ4v) is 3.86. The molecule has 2 saturated heterocycles. The van der Waals surface area contributed by atoms with E-state index in [-0.39, 0.29) is 30.2 Å². The van der Waals surface area contributed by atoms with Crippen LogP contribution < -0.4 is 0 Å². The van der Waals surface area contributed by atoms with Gasteiger partial charge in [-0.25, -0.2) is 4.79 Å². The minimum absolute atomic E-state index is 0.213. The zero-order valence-corrected chi connectivity index (χ0v) is 16.0. The lowest BCUT2D eigenvalue weighted by molar-refractivity contribution is -0.157. The van der Waals surface area contributed by atoms with Crippen LogP contribution in [0.4, 0.5) is 0 Å². The monoisotopic (exact) mass is 380 g/mol. The first-order valence-electron chi connectivity index (χ1n) is 9.47. The summed E-state index contributed by atoms with van der Waals surface area (Å²) in [6.45, 7) is 9.07. The molecule has 7 unspecified atom stereocenters. The van der Waals surface area contributed by atoms with E-state index < -0.39 is 35.8 Å². The highest BCUT2D eigenvalue weighted by molar-refractivity contribution is 5.91. The summed E-state index contributed by atoms with van der Waals surface area (Å²) >= 11 is 0. The molecule has 0 spiro atoms. The van der Waals surface area contributed by atoms with E-state index in [0.29, 0.717) is 24.8 Å². The lowest BCUT2D eigenvalue weighted by atomic mass is 9.82. The second-order valence-electron chi connectivity index (χ2n) is 7.98. The number of aliphatic hydroxyl groups is 2. The van der Waals surface area contributed by atoms with Crippen molar-refractivity contribution in [3.8, 4) is 0 Å². The van der Waals surface area contributed by atoms with Crippen LogP contribution in [0.2, 0.25) is 0 Å². The minimum Gasteiger partial charge on any atom is -0.461 e. The van der Waals surface area contributed by atoms with Crippen LogP contribution in [0.25, 0.3) is 0 Å². The lowest BCUT2D eigenvalue weighted by Gasteiger charge is -2.30. The summed E-state index contributed by atoms with van der Waals surface area (Å²) in [5, 5.41) is 20.1. The lowest BCUT2D eigenvalue weighted by Crippen LogP contribution is -2.39. The van der Waals surface area contributed by atoms with E-state index in [1.165, 1.54) is 0 Å². The maximum absolute atomic E-state index is 12.5. The van der Waals surface area contributed by atoms with Gasteiger partial charge >= 0.3 is 11.9 Å². The number of hydrogen-bond donors (Lipinski definition) is 2. The van der Waals surface area contributed by atoms with Gasteiger partial charge in [0.05, 0.1) is 36.3 Å². The molecule has 0 amide bonds. The number of carbonyl (C=O) groups is 2. The zero-order chi connectivity index (χ0) is 19.9. The normalized spacial score (nSPS) is 39.6. The quantitative estimate of drug-likeness (QED) is 0.327. The molecule has 2 N–H and O–H groups in total. The molecule has 7 atom stereocenters. The molecule has 0 aromatic heterocycles. The third kappa shape index (κ3) is 3.81. The summed E-state index contributed by atoms with van der Waals surface area (Å²) in [5.74, 6) is -1.74. The molecule has 0 saturated carbocycles. The molecule has 3 rings (SSSR count).